The molecule has 2 saturated heterocycles. The van der Waals surface area contributed by atoms with Gasteiger partial charge in [0.2, 0.25) is 0 Å². The van der Waals surface area contributed by atoms with Gasteiger partial charge in [-0.25, -0.2) is 0 Å². The minimum atomic E-state index is 0.439. The summed E-state index contributed by atoms with van der Waals surface area (Å²) in [4.78, 5) is 9.38. The van der Waals surface area contributed by atoms with Crippen LogP contribution in [0, 0.1) is 5.92 Å². The van der Waals surface area contributed by atoms with Crippen LogP contribution < -0.4 is 15.5 Å². The molecule has 0 bridgehead atoms. The molecule has 6 heteroatoms. The molecule has 1 aromatic rings. The minimum Gasteiger partial charge on any atom is -0.368 e. The SMILES string of the molecule is CCN1CCC(CNC(=NC)NC2CCN(c3ccccc3Br)C2)C1. The molecule has 2 atom stereocenters. The van der Waals surface area contributed by atoms with E-state index in [0.29, 0.717) is 6.04 Å². The fraction of sp³-hybridized carbons (Fsp3) is 0.632. The number of halogens is 1. The molecule has 2 heterocycles. The smallest absolute Gasteiger partial charge is 0.191 e. The Balaban J connectivity index is 1.46. The van der Waals surface area contributed by atoms with Crippen molar-refractivity contribution in [3.63, 3.8) is 0 Å². The van der Waals surface area contributed by atoms with E-state index in [1.165, 1.54) is 29.7 Å². The number of rotatable bonds is 5. The second-order valence-electron chi connectivity index (χ2n) is 7.03. The number of para-hydroxylation sites is 1. The number of hydrogen-bond donors (Lipinski definition) is 2. The van der Waals surface area contributed by atoms with Gasteiger partial charge in [-0.1, -0.05) is 19.1 Å². The molecule has 0 amide bonds. The maximum Gasteiger partial charge on any atom is 0.191 e. The van der Waals surface area contributed by atoms with Gasteiger partial charge in [-0.3, -0.25) is 4.99 Å². The van der Waals surface area contributed by atoms with Crippen molar-refractivity contribution in [2.24, 2.45) is 10.9 Å². The van der Waals surface area contributed by atoms with Gasteiger partial charge in [0.25, 0.3) is 0 Å². The molecule has 25 heavy (non-hydrogen) atoms. The van der Waals surface area contributed by atoms with Crippen LogP contribution in [-0.2, 0) is 0 Å². The molecular formula is C19H30BrN5. The van der Waals surface area contributed by atoms with Gasteiger partial charge >= 0.3 is 0 Å². The molecule has 2 fully saturated rings. The first-order chi connectivity index (χ1) is 12.2. The molecular weight excluding hydrogens is 378 g/mol. The third-order valence-corrected chi connectivity index (χ3v) is 5.99. The summed E-state index contributed by atoms with van der Waals surface area (Å²) in [5.41, 5.74) is 1.28. The Labute approximate surface area is 160 Å². The van der Waals surface area contributed by atoms with E-state index in [1.54, 1.807) is 0 Å². The maximum atomic E-state index is 4.42. The Hall–Kier alpha value is -1.27. The maximum absolute atomic E-state index is 4.42. The van der Waals surface area contributed by atoms with Crippen LogP contribution in [0.1, 0.15) is 19.8 Å². The molecule has 2 N–H and O–H groups in total. The zero-order chi connectivity index (χ0) is 17.6. The third-order valence-electron chi connectivity index (χ3n) is 5.32. The van der Waals surface area contributed by atoms with Crippen LogP contribution >= 0.6 is 15.9 Å². The van der Waals surface area contributed by atoms with Crippen molar-refractivity contribution >= 4 is 27.6 Å². The number of benzene rings is 1. The van der Waals surface area contributed by atoms with Crippen molar-refractivity contribution in [3.8, 4) is 0 Å². The van der Waals surface area contributed by atoms with E-state index < -0.39 is 0 Å². The highest BCUT2D eigenvalue weighted by Gasteiger charge is 2.25. The topological polar surface area (TPSA) is 42.9 Å². The lowest BCUT2D eigenvalue weighted by Crippen LogP contribution is -2.46. The van der Waals surface area contributed by atoms with Gasteiger partial charge in [0, 0.05) is 43.7 Å². The summed E-state index contributed by atoms with van der Waals surface area (Å²) in [6.07, 6.45) is 2.42. The molecule has 2 unspecified atom stereocenters. The van der Waals surface area contributed by atoms with E-state index >= 15 is 0 Å². The molecule has 2 aliphatic heterocycles. The molecule has 138 valence electrons. The van der Waals surface area contributed by atoms with Gasteiger partial charge in [0.05, 0.1) is 5.69 Å². The van der Waals surface area contributed by atoms with Crippen molar-refractivity contribution in [2.75, 3.05) is 51.2 Å². The number of aliphatic imine (C=N–C) groups is 1. The first-order valence-electron chi connectivity index (χ1n) is 9.38. The predicted molar refractivity (Wildman–Crippen MR) is 109 cm³/mol. The molecule has 0 spiro atoms. The zero-order valence-corrected chi connectivity index (χ0v) is 16.9. The Morgan fingerprint density at radius 3 is 2.80 bits per heavy atom. The highest BCUT2D eigenvalue weighted by atomic mass is 79.9. The van der Waals surface area contributed by atoms with E-state index in [2.05, 4.69) is 72.5 Å². The van der Waals surface area contributed by atoms with Crippen molar-refractivity contribution < 1.29 is 0 Å². The average Bonchev–Trinajstić information content (AvgIpc) is 3.28. The van der Waals surface area contributed by atoms with Gasteiger partial charge in [-0.2, -0.15) is 0 Å². The highest BCUT2D eigenvalue weighted by Crippen LogP contribution is 2.28. The van der Waals surface area contributed by atoms with E-state index in [9.17, 15) is 0 Å². The second kappa shape index (κ2) is 8.90. The first-order valence-corrected chi connectivity index (χ1v) is 10.2. The third kappa shape index (κ3) is 4.88. The molecule has 0 aliphatic carbocycles. The lowest BCUT2D eigenvalue weighted by molar-refractivity contribution is 0.341. The standard InChI is InChI=1S/C19H30BrN5/c1-3-24-10-8-15(13-24)12-22-19(21-2)23-16-9-11-25(14-16)18-7-5-4-6-17(18)20/h4-7,15-16H,3,8-14H2,1-2H3,(H2,21,22,23). The lowest BCUT2D eigenvalue weighted by atomic mass is 10.1. The molecule has 0 radical (unpaired) electrons. The summed E-state index contributed by atoms with van der Waals surface area (Å²) in [5, 5.41) is 7.14. The fourth-order valence-corrected chi connectivity index (χ4v) is 4.34. The normalized spacial score (nSPS) is 24.8. The largest absolute Gasteiger partial charge is 0.368 e. The van der Waals surface area contributed by atoms with Crippen LogP contribution in [0.5, 0.6) is 0 Å². The predicted octanol–water partition coefficient (Wildman–Crippen LogP) is 2.53. The number of guanidine groups is 1. The summed E-state index contributed by atoms with van der Waals surface area (Å²) in [6, 6.07) is 8.89. The van der Waals surface area contributed by atoms with Crippen LogP contribution in [0.15, 0.2) is 33.7 Å². The van der Waals surface area contributed by atoms with Crippen LogP contribution in [0.25, 0.3) is 0 Å². The lowest BCUT2D eigenvalue weighted by Gasteiger charge is -2.22. The van der Waals surface area contributed by atoms with Crippen LogP contribution in [0.4, 0.5) is 5.69 Å². The van der Waals surface area contributed by atoms with Crippen LogP contribution in [0.2, 0.25) is 0 Å². The molecule has 0 saturated carbocycles. The second-order valence-corrected chi connectivity index (χ2v) is 7.88. The molecule has 0 aromatic heterocycles. The number of nitrogens with one attached hydrogen (secondary N) is 2. The number of anilines is 1. The molecule has 5 nitrogen and oxygen atoms in total. The van der Waals surface area contributed by atoms with E-state index in [-0.39, 0.29) is 0 Å². The Morgan fingerprint density at radius 2 is 2.08 bits per heavy atom. The van der Waals surface area contributed by atoms with Crippen molar-refractivity contribution in [2.45, 2.75) is 25.8 Å². The highest BCUT2D eigenvalue weighted by molar-refractivity contribution is 9.10. The summed E-state index contributed by atoms with van der Waals surface area (Å²) in [5.74, 6) is 1.67. The minimum absolute atomic E-state index is 0.439. The van der Waals surface area contributed by atoms with Crippen LogP contribution in [0.3, 0.4) is 0 Å². The molecule has 2 aliphatic rings. The Morgan fingerprint density at radius 1 is 1.24 bits per heavy atom. The first kappa shape index (κ1) is 18.5. The van der Waals surface area contributed by atoms with Crippen molar-refractivity contribution in [1.82, 2.24) is 15.5 Å². The Bertz CT molecular complexity index is 591. The number of likely N-dealkylation sites (tertiary alicyclic amines) is 1. The van der Waals surface area contributed by atoms with Gasteiger partial charge in [0.1, 0.15) is 0 Å². The van der Waals surface area contributed by atoms with Crippen molar-refractivity contribution in [1.29, 1.82) is 0 Å². The van der Waals surface area contributed by atoms with E-state index in [1.807, 2.05) is 7.05 Å². The van der Waals surface area contributed by atoms with Crippen molar-refractivity contribution in [3.05, 3.63) is 28.7 Å². The van der Waals surface area contributed by atoms with E-state index in [0.717, 1.165) is 44.5 Å². The number of hydrogen-bond acceptors (Lipinski definition) is 3. The van der Waals surface area contributed by atoms with Gasteiger partial charge < -0.3 is 20.4 Å². The zero-order valence-electron chi connectivity index (χ0n) is 15.3. The average molecular weight is 408 g/mol. The summed E-state index contributed by atoms with van der Waals surface area (Å²) in [6.45, 7) is 8.94. The molecule has 3 rings (SSSR count). The Kier molecular flexibility index (Phi) is 6.59. The van der Waals surface area contributed by atoms with Gasteiger partial charge in [-0.15, -0.1) is 0 Å². The van der Waals surface area contributed by atoms with Gasteiger partial charge in [0.15, 0.2) is 5.96 Å². The fourth-order valence-electron chi connectivity index (χ4n) is 3.80. The summed E-state index contributed by atoms with van der Waals surface area (Å²) < 4.78 is 1.17. The van der Waals surface area contributed by atoms with Crippen LogP contribution in [-0.4, -0.2) is 63.2 Å². The summed E-state index contributed by atoms with van der Waals surface area (Å²) >= 11 is 3.66. The monoisotopic (exact) mass is 407 g/mol. The van der Waals surface area contributed by atoms with Gasteiger partial charge in [-0.05, 0) is 59.9 Å². The quantitative estimate of drug-likeness (QED) is 0.581. The van der Waals surface area contributed by atoms with E-state index in [4.69, 9.17) is 0 Å². The molecule has 1 aromatic carbocycles. The summed E-state index contributed by atoms with van der Waals surface area (Å²) in [7, 11) is 1.86. The number of nitrogens with zero attached hydrogens (tertiary/aromatic N) is 3.